The summed E-state index contributed by atoms with van der Waals surface area (Å²) < 4.78 is 10.5. The summed E-state index contributed by atoms with van der Waals surface area (Å²) in [4.78, 5) is 0. The van der Waals surface area contributed by atoms with Crippen molar-refractivity contribution < 1.29 is 9.47 Å². The first kappa shape index (κ1) is 14.2. The van der Waals surface area contributed by atoms with Crippen molar-refractivity contribution >= 4 is 10.2 Å². The lowest BCUT2D eigenvalue weighted by Gasteiger charge is -2.27. The van der Waals surface area contributed by atoms with Gasteiger partial charge < -0.3 is 14.8 Å². The van der Waals surface area contributed by atoms with E-state index in [1.54, 1.807) is 14.2 Å². The summed E-state index contributed by atoms with van der Waals surface area (Å²) in [5.74, 6) is 0. The van der Waals surface area contributed by atoms with Gasteiger partial charge in [-0.05, 0) is 32.2 Å². The van der Waals surface area contributed by atoms with Crippen LogP contribution in [0.4, 0.5) is 0 Å². The van der Waals surface area contributed by atoms with E-state index in [1.807, 2.05) is 0 Å². The SMILES string of the molecule is COC([Si])(CCCNC1CCCCC1)OC. The average Bonchev–Trinajstić information content (AvgIpc) is 2.36. The highest BCUT2D eigenvalue weighted by Crippen LogP contribution is 2.18. The van der Waals surface area contributed by atoms with Crippen LogP contribution in [-0.4, -0.2) is 42.5 Å². The summed E-state index contributed by atoms with van der Waals surface area (Å²) in [6.45, 7) is 1.05. The maximum atomic E-state index is 5.24. The number of rotatable bonds is 7. The van der Waals surface area contributed by atoms with E-state index in [9.17, 15) is 0 Å². The van der Waals surface area contributed by atoms with Gasteiger partial charge in [-0.2, -0.15) is 0 Å². The zero-order chi connectivity index (χ0) is 11.9. The largest absolute Gasteiger partial charge is 0.358 e. The molecular weight excluding hydrogens is 218 g/mol. The summed E-state index contributed by atoms with van der Waals surface area (Å²) in [6.07, 6.45) is 8.78. The molecule has 1 N–H and O–H groups in total. The first-order valence-electron chi connectivity index (χ1n) is 6.29. The number of ether oxygens (including phenoxy) is 2. The van der Waals surface area contributed by atoms with Crippen molar-refractivity contribution in [2.24, 2.45) is 0 Å². The first-order chi connectivity index (χ1) is 7.70. The molecule has 0 atom stereocenters. The molecule has 16 heavy (non-hydrogen) atoms. The predicted octanol–water partition coefficient (Wildman–Crippen LogP) is 1.80. The molecule has 93 valence electrons. The normalized spacial score (nSPS) is 18.9. The van der Waals surface area contributed by atoms with Gasteiger partial charge in [0.25, 0.3) is 0 Å². The number of nitrogens with one attached hydrogen (secondary N) is 1. The molecule has 1 fully saturated rings. The molecule has 0 bridgehead atoms. The van der Waals surface area contributed by atoms with Crippen molar-refractivity contribution in [2.75, 3.05) is 20.8 Å². The number of hydrogen-bond donors (Lipinski definition) is 1. The molecule has 0 amide bonds. The van der Waals surface area contributed by atoms with Crippen molar-refractivity contribution in [2.45, 2.75) is 56.4 Å². The Balaban J connectivity index is 2.06. The fourth-order valence-electron chi connectivity index (χ4n) is 2.22. The van der Waals surface area contributed by atoms with Crippen LogP contribution in [0.3, 0.4) is 0 Å². The van der Waals surface area contributed by atoms with Gasteiger partial charge in [-0.25, -0.2) is 0 Å². The van der Waals surface area contributed by atoms with E-state index in [1.165, 1.54) is 32.1 Å². The van der Waals surface area contributed by atoms with E-state index < -0.39 is 5.41 Å². The highest BCUT2D eigenvalue weighted by molar-refractivity contribution is 6.13. The minimum absolute atomic E-state index is 0.603. The van der Waals surface area contributed by atoms with Crippen LogP contribution in [0.5, 0.6) is 0 Å². The number of methoxy groups -OCH3 is 2. The van der Waals surface area contributed by atoms with Crippen LogP contribution in [0.1, 0.15) is 44.9 Å². The van der Waals surface area contributed by atoms with Gasteiger partial charge in [-0.15, -0.1) is 0 Å². The Morgan fingerprint density at radius 1 is 1.19 bits per heavy atom. The molecule has 0 aromatic heterocycles. The molecule has 0 aromatic carbocycles. The van der Waals surface area contributed by atoms with Gasteiger partial charge in [0.1, 0.15) is 15.7 Å². The third-order valence-electron chi connectivity index (χ3n) is 3.38. The van der Waals surface area contributed by atoms with Crippen LogP contribution < -0.4 is 5.32 Å². The van der Waals surface area contributed by atoms with Crippen LogP contribution in [0.2, 0.25) is 0 Å². The van der Waals surface area contributed by atoms with Crippen LogP contribution in [-0.2, 0) is 9.47 Å². The second kappa shape index (κ2) is 7.43. The quantitative estimate of drug-likeness (QED) is 0.419. The summed E-state index contributed by atoms with van der Waals surface area (Å²) in [5, 5.41) is 3.61. The molecule has 1 rings (SSSR count). The predicted molar refractivity (Wildman–Crippen MR) is 66.6 cm³/mol. The number of hydrogen-bond acceptors (Lipinski definition) is 3. The Bertz CT molecular complexity index is 180. The Morgan fingerprint density at radius 2 is 1.81 bits per heavy atom. The van der Waals surface area contributed by atoms with E-state index in [-0.39, 0.29) is 0 Å². The first-order valence-corrected chi connectivity index (χ1v) is 6.79. The van der Waals surface area contributed by atoms with Crippen molar-refractivity contribution in [3.8, 4) is 0 Å². The molecule has 1 aliphatic carbocycles. The molecular formula is C12H24NO2Si. The molecule has 0 spiro atoms. The van der Waals surface area contributed by atoms with Crippen molar-refractivity contribution in [1.29, 1.82) is 0 Å². The molecule has 3 nitrogen and oxygen atoms in total. The molecule has 1 aliphatic rings. The van der Waals surface area contributed by atoms with Crippen molar-refractivity contribution in [3.63, 3.8) is 0 Å². The molecule has 0 heterocycles. The van der Waals surface area contributed by atoms with Crippen LogP contribution >= 0.6 is 0 Å². The maximum Gasteiger partial charge on any atom is 0.143 e. The minimum atomic E-state index is -0.603. The second-order valence-electron chi connectivity index (χ2n) is 4.55. The summed E-state index contributed by atoms with van der Waals surface area (Å²) in [5.41, 5.74) is -0.603. The summed E-state index contributed by atoms with van der Waals surface area (Å²) in [7, 11) is 6.81. The van der Waals surface area contributed by atoms with Crippen LogP contribution in [0, 0.1) is 0 Å². The third kappa shape index (κ3) is 4.95. The van der Waals surface area contributed by atoms with E-state index >= 15 is 0 Å². The maximum absolute atomic E-state index is 5.24. The fraction of sp³-hybridized carbons (Fsp3) is 1.00. The zero-order valence-corrected chi connectivity index (χ0v) is 11.6. The van der Waals surface area contributed by atoms with Gasteiger partial charge in [-0.3, -0.25) is 0 Å². The van der Waals surface area contributed by atoms with E-state index in [0.29, 0.717) is 0 Å². The Hall–Kier alpha value is 0.0969. The summed E-state index contributed by atoms with van der Waals surface area (Å²) in [6, 6.07) is 0.739. The average molecular weight is 242 g/mol. The highest BCUT2D eigenvalue weighted by atomic mass is 28.1. The molecule has 0 aromatic rings. The van der Waals surface area contributed by atoms with Gasteiger partial charge in [0, 0.05) is 20.3 Å². The van der Waals surface area contributed by atoms with Gasteiger partial charge in [-0.1, -0.05) is 19.3 Å². The van der Waals surface area contributed by atoms with E-state index in [0.717, 1.165) is 25.4 Å². The Morgan fingerprint density at radius 3 is 2.38 bits per heavy atom. The van der Waals surface area contributed by atoms with E-state index in [4.69, 9.17) is 9.47 Å². The van der Waals surface area contributed by atoms with Crippen LogP contribution in [0.25, 0.3) is 0 Å². The van der Waals surface area contributed by atoms with Gasteiger partial charge in [0.05, 0.1) is 0 Å². The Labute approximate surface area is 103 Å². The zero-order valence-electron chi connectivity index (χ0n) is 10.6. The third-order valence-corrected chi connectivity index (χ3v) is 4.04. The van der Waals surface area contributed by atoms with Crippen LogP contribution in [0.15, 0.2) is 0 Å². The topological polar surface area (TPSA) is 30.5 Å². The molecule has 4 heteroatoms. The highest BCUT2D eigenvalue weighted by Gasteiger charge is 2.21. The smallest absolute Gasteiger partial charge is 0.143 e. The van der Waals surface area contributed by atoms with Gasteiger partial charge in [0.15, 0.2) is 0 Å². The lowest BCUT2D eigenvalue weighted by molar-refractivity contribution is -0.146. The molecule has 0 unspecified atom stereocenters. The molecule has 0 saturated heterocycles. The fourth-order valence-corrected chi connectivity index (χ4v) is 2.40. The monoisotopic (exact) mass is 242 g/mol. The molecule has 1 saturated carbocycles. The van der Waals surface area contributed by atoms with Gasteiger partial charge in [0.2, 0.25) is 0 Å². The minimum Gasteiger partial charge on any atom is -0.358 e. The van der Waals surface area contributed by atoms with Gasteiger partial charge >= 0.3 is 0 Å². The standard InChI is InChI=1S/C12H24NO2Si/c1-14-12(16,15-2)9-6-10-13-11-7-4-3-5-8-11/h11,13H,3-10H2,1-2H3. The Kier molecular flexibility index (Phi) is 6.57. The van der Waals surface area contributed by atoms with Crippen molar-refractivity contribution in [1.82, 2.24) is 5.32 Å². The second-order valence-corrected chi connectivity index (χ2v) is 5.32. The lowest BCUT2D eigenvalue weighted by atomic mass is 9.95. The van der Waals surface area contributed by atoms with E-state index in [2.05, 4.69) is 15.6 Å². The van der Waals surface area contributed by atoms with Crippen molar-refractivity contribution in [3.05, 3.63) is 0 Å². The summed E-state index contributed by atoms with van der Waals surface area (Å²) >= 11 is 0. The lowest BCUT2D eigenvalue weighted by Crippen LogP contribution is -2.36. The molecule has 3 radical (unpaired) electrons. The molecule has 0 aliphatic heterocycles.